The molecule has 0 saturated heterocycles. The Morgan fingerprint density at radius 1 is 0.471 bits per heavy atom. The van der Waals surface area contributed by atoms with Gasteiger partial charge in [0.05, 0.1) is 0 Å². The average Bonchev–Trinajstić information content (AvgIpc) is 3.17. The van der Waals surface area contributed by atoms with Crippen LogP contribution >= 0.6 is 7.14 Å². The lowest BCUT2D eigenvalue weighted by atomic mass is 9.42. The maximum Gasteiger partial charge on any atom is 0.171 e. The highest BCUT2D eigenvalue weighted by Gasteiger charge is 2.58. The van der Waals surface area contributed by atoms with Gasteiger partial charge in [-0.1, -0.05) is 132 Å². The molecule has 0 amide bonds. The van der Waals surface area contributed by atoms with E-state index in [1.807, 2.05) is 60.7 Å². The van der Waals surface area contributed by atoms with Crippen molar-refractivity contribution in [2.24, 2.45) is 11.8 Å². The van der Waals surface area contributed by atoms with Crippen molar-refractivity contribution in [3.63, 3.8) is 0 Å². The Bertz CT molecular complexity index is 2090. The molecule has 51 heavy (non-hydrogen) atoms. The first kappa shape index (κ1) is 32.3. The highest BCUT2D eigenvalue weighted by molar-refractivity contribution is 7.85. The van der Waals surface area contributed by atoms with E-state index in [4.69, 9.17) is 0 Å². The molecule has 6 aromatic rings. The third-order valence-electron chi connectivity index (χ3n) is 12.5. The number of hydrogen-bond donors (Lipinski definition) is 0. The van der Waals surface area contributed by atoms with Crippen molar-refractivity contribution in [3.05, 3.63) is 180 Å². The van der Waals surface area contributed by atoms with Gasteiger partial charge in [-0.3, -0.25) is 0 Å². The number of nitrogens with zero attached hydrogens (tertiary/aromatic N) is 1. The highest BCUT2D eigenvalue weighted by Crippen LogP contribution is 2.66. The van der Waals surface area contributed by atoms with Crippen LogP contribution in [-0.4, -0.2) is 0 Å². The second-order valence-corrected chi connectivity index (χ2v) is 18.7. The van der Waals surface area contributed by atoms with Crippen molar-refractivity contribution in [1.82, 2.24) is 0 Å². The van der Waals surface area contributed by atoms with Crippen molar-refractivity contribution >= 4 is 40.1 Å². The Balaban J connectivity index is 1.05. The van der Waals surface area contributed by atoms with Gasteiger partial charge in [0.25, 0.3) is 0 Å². The van der Waals surface area contributed by atoms with E-state index in [9.17, 15) is 0 Å². The molecule has 10 rings (SSSR count). The van der Waals surface area contributed by atoms with E-state index in [1.165, 1.54) is 77.8 Å². The third kappa shape index (κ3) is 5.60. The molecule has 4 fully saturated rings. The lowest BCUT2D eigenvalue weighted by Crippen LogP contribution is -2.56. The molecule has 254 valence electrons. The molecule has 4 bridgehead atoms. The van der Waals surface area contributed by atoms with Gasteiger partial charge < -0.3 is 9.46 Å². The second kappa shape index (κ2) is 12.5. The molecule has 6 aromatic carbocycles. The summed E-state index contributed by atoms with van der Waals surface area (Å²) in [6.45, 7) is 4.30. The number of hydrogen-bond acceptors (Lipinski definition) is 2. The molecule has 2 nitrogen and oxygen atoms in total. The van der Waals surface area contributed by atoms with Gasteiger partial charge in [0.2, 0.25) is 0 Å². The van der Waals surface area contributed by atoms with Crippen LogP contribution in [0.2, 0.25) is 0 Å². The van der Waals surface area contributed by atoms with E-state index >= 15 is 4.57 Å². The predicted octanol–water partition coefficient (Wildman–Crippen LogP) is 11.2. The molecule has 0 aliphatic heterocycles. The lowest BCUT2D eigenvalue weighted by Gasteiger charge is -2.63. The van der Waals surface area contributed by atoms with Crippen LogP contribution in [0.3, 0.4) is 0 Å². The summed E-state index contributed by atoms with van der Waals surface area (Å²) in [6, 6.07) is 56.6. The van der Waals surface area contributed by atoms with Crippen molar-refractivity contribution in [3.8, 4) is 0 Å². The highest BCUT2D eigenvalue weighted by atomic mass is 31.2. The van der Waals surface area contributed by atoms with E-state index in [0.29, 0.717) is 0 Å². The SMILES string of the molecule is Cc1ccc(N(c2ccc(C)cc2)c2ccc(C34CC5CC(C3)CC(c3ccc(P(=O)(c6ccccc6)c6ccccc6)cc3)(C5)C4)cc2)cc1. The van der Waals surface area contributed by atoms with Gasteiger partial charge >= 0.3 is 0 Å². The minimum absolute atomic E-state index is 0.167. The lowest BCUT2D eigenvalue weighted by molar-refractivity contribution is -0.0281. The summed E-state index contributed by atoms with van der Waals surface area (Å²) in [5, 5.41) is 2.71. The van der Waals surface area contributed by atoms with E-state index in [2.05, 4.69) is 116 Å². The summed E-state index contributed by atoms with van der Waals surface area (Å²) in [4.78, 5) is 2.38. The first-order valence-corrected chi connectivity index (χ1v) is 20.4. The fourth-order valence-electron chi connectivity index (χ4n) is 10.5. The Kier molecular flexibility index (Phi) is 7.93. The number of rotatable bonds is 8. The van der Waals surface area contributed by atoms with Gasteiger partial charge in [-0.05, 0) is 123 Å². The molecule has 4 aliphatic rings. The van der Waals surface area contributed by atoms with Crippen LogP contribution in [0.4, 0.5) is 17.1 Å². The van der Waals surface area contributed by atoms with Crippen molar-refractivity contribution < 1.29 is 4.57 Å². The molecule has 2 unspecified atom stereocenters. The van der Waals surface area contributed by atoms with Crippen LogP contribution in [-0.2, 0) is 15.4 Å². The fraction of sp³-hybridized carbons (Fsp3) is 0.250. The number of aryl methyl sites for hydroxylation is 2. The van der Waals surface area contributed by atoms with Crippen LogP contribution in [0.1, 0.15) is 60.8 Å². The molecule has 0 spiro atoms. The van der Waals surface area contributed by atoms with Gasteiger partial charge in [-0.15, -0.1) is 0 Å². The second-order valence-electron chi connectivity index (χ2n) is 15.9. The van der Waals surface area contributed by atoms with Crippen molar-refractivity contribution in [2.75, 3.05) is 4.90 Å². The first-order valence-electron chi connectivity index (χ1n) is 18.7. The van der Waals surface area contributed by atoms with E-state index in [0.717, 1.165) is 27.7 Å². The van der Waals surface area contributed by atoms with Crippen LogP contribution in [0.25, 0.3) is 0 Å². The monoisotopic (exact) mass is 683 g/mol. The first-order chi connectivity index (χ1) is 24.8. The van der Waals surface area contributed by atoms with Gasteiger partial charge in [0.15, 0.2) is 7.14 Å². The number of anilines is 3. The summed E-state index contributed by atoms with van der Waals surface area (Å²) >= 11 is 0. The minimum atomic E-state index is -3.00. The molecule has 0 aromatic heterocycles. The number of benzene rings is 6. The minimum Gasteiger partial charge on any atom is -0.311 e. The van der Waals surface area contributed by atoms with Gasteiger partial charge in [0, 0.05) is 33.0 Å². The van der Waals surface area contributed by atoms with Crippen LogP contribution < -0.4 is 20.8 Å². The molecule has 0 radical (unpaired) electrons. The Morgan fingerprint density at radius 2 is 0.824 bits per heavy atom. The molecule has 3 heteroatoms. The Labute approximate surface area is 303 Å². The smallest absolute Gasteiger partial charge is 0.171 e. The zero-order valence-corrected chi connectivity index (χ0v) is 30.6. The quantitative estimate of drug-likeness (QED) is 0.149. The van der Waals surface area contributed by atoms with Crippen molar-refractivity contribution in [1.29, 1.82) is 0 Å². The summed E-state index contributed by atoms with van der Waals surface area (Å²) < 4.78 is 15.1. The summed E-state index contributed by atoms with van der Waals surface area (Å²) in [7, 11) is -3.00. The fourth-order valence-corrected chi connectivity index (χ4v) is 13.1. The molecule has 0 N–H and O–H groups in total. The Morgan fingerprint density at radius 3 is 1.24 bits per heavy atom. The summed E-state index contributed by atoms with van der Waals surface area (Å²) in [5.74, 6) is 1.50. The van der Waals surface area contributed by atoms with Crippen LogP contribution in [0.15, 0.2) is 158 Å². The normalized spacial score (nSPS) is 23.6. The van der Waals surface area contributed by atoms with Gasteiger partial charge in [-0.2, -0.15) is 0 Å². The van der Waals surface area contributed by atoms with Gasteiger partial charge in [-0.25, -0.2) is 0 Å². The van der Waals surface area contributed by atoms with Crippen molar-refractivity contribution in [2.45, 2.75) is 63.2 Å². The maximum atomic E-state index is 15.1. The standard InChI is InChI=1S/C48H46NOP/c1-35-13-21-41(22-14-35)49(42-23-15-36(2)16-24-42)43-25-17-39(18-26-43)47-30-37-29-38(31-47)33-48(32-37,34-47)40-19-27-46(28-20-40)51(50,44-9-5-3-6-10-44)45-11-7-4-8-12-45/h3-28,37-38H,29-34H2,1-2H3. The van der Waals surface area contributed by atoms with E-state index in [-0.39, 0.29) is 10.8 Å². The molecule has 4 aliphatic carbocycles. The Hall–Kier alpha value is -4.65. The van der Waals surface area contributed by atoms with E-state index < -0.39 is 7.14 Å². The third-order valence-corrected chi connectivity index (χ3v) is 15.5. The average molecular weight is 684 g/mol. The topological polar surface area (TPSA) is 20.3 Å². The zero-order valence-electron chi connectivity index (χ0n) is 29.7. The largest absolute Gasteiger partial charge is 0.311 e. The summed E-state index contributed by atoms with van der Waals surface area (Å²) in [6.07, 6.45) is 7.68. The van der Waals surface area contributed by atoms with Crippen LogP contribution in [0, 0.1) is 25.7 Å². The molecule has 0 heterocycles. The zero-order chi connectivity index (χ0) is 34.6. The van der Waals surface area contributed by atoms with E-state index in [1.54, 1.807) is 0 Å². The maximum absolute atomic E-state index is 15.1. The van der Waals surface area contributed by atoms with Crippen LogP contribution in [0.5, 0.6) is 0 Å². The van der Waals surface area contributed by atoms with Gasteiger partial charge in [0.1, 0.15) is 0 Å². The molecular formula is C48H46NOP. The summed E-state index contributed by atoms with van der Waals surface area (Å²) in [5.41, 5.74) is 9.41. The predicted molar refractivity (Wildman–Crippen MR) is 214 cm³/mol. The molecular weight excluding hydrogens is 638 g/mol. The molecule has 4 saturated carbocycles. The molecule has 2 atom stereocenters.